The number of halogens is 5. The Balaban J connectivity index is 0.000000204. The van der Waals surface area contributed by atoms with Gasteiger partial charge in [-0.15, -0.1) is 23.2 Å². The van der Waals surface area contributed by atoms with Gasteiger partial charge in [0.2, 0.25) is 17.7 Å². The van der Waals surface area contributed by atoms with Crippen LogP contribution in [0.25, 0.3) is 0 Å². The average molecular weight is 1750 g/mol. The van der Waals surface area contributed by atoms with Crippen molar-refractivity contribution < 1.29 is 63.5 Å². The van der Waals surface area contributed by atoms with E-state index in [0.717, 1.165) is 45.8 Å². The smallest absolute Gasteiger partial charge is 0.407 e. The fraction of sp³-hybridized carbons (Fsp3) is 0.388. The largest absolute Gasteiger partial charge is 0.444 e. The molecule has 3 aromatic carbocycles. The number of nitrogens with two attached hydrogens (primary N) is 2. The number of aromatic amines is 1. The molecule has 9 aromatic rings. The van der Waals surface area contributed by atoms with E-state index >= 15 is 0 Å². The molecule has 6 aromatic heterocycles. The van der Waals surface area contributed by atoms with Gasteiger partial charge in [-0.3, -0.25) is 43.7 Å². The molecule has 3 saturated heterocycles. The van der Waals surface area contributed by atoms with Gasteiger partial charge < -0.3 is 91.5 Å². The molecular formula is C85H104Cl5N15O13Si. The van der Waals surface area contributed by atoms with Crippen LogP contribution in [0.1, 0.15) is 176 Å². The minimum atomic E-state index is -1.32. The van der Waals surface area contributed by atoms with E-state index in [4.69, 9.17) is 78.9 Å². The maximum absolute atomic E-state index is 14.1. The first-order chi connectivity index (χ1) is 56.9. The highest BCUT2D eigenvalue weighted by atomic mass is 35.5. The van der Waals surface area contributed by atoms with Crippen LogP contribution in [0.2, 0.25) is 40.8 Å². The number of hydrogen-bond acceptors (Lipinski definition) is 18. The van der Waals surface area contributed by atoms with Crippen molar-refractivity contribution in [1.29, 1.82) is 0 Å². The number of rotatable bonds is 28. The molecule has 28 nitrogen and oxygen atoms in total. The van der Waals surface area contributed by atoms with Crippen molar-refractivity contribution in [1.82, 2.24) is 65.0 Å². The molecule has 0 spiro atoms. The number of aliphatic hydroxyl groups excluding tert-OH is 4. The number of amides is 7. The van der Waals surface area contributed by atoms with Crippen LogP contribution in [-0.2, 0) is 76.6 Å². The van der Waals surface area contributed by atoms with E-state index in [2.05, 4.69) is 60.8 Å². The lowest BCUT2D eigenvalue weighted by atomic mass is 10.1. The van der Waals surface area contributed by atoms with Crippen LogP contribution in [0.15, 0.2) is 165 Å². The van der Waals surface area contributed by atoms with Crippen molar-refractivity contribution in [3.05, 3.63) is 264 Å². The van der Waals surface area contributed by atoms with Crippen molar-refractivity contribution in [2.75, 3.05) is 31.6 Å². The quantitative estimate of drug-likeness (QED) is 0.0123. The van der Waals surface area contributed by atoms with Crippen molar-refractivity contribution in [2.24, 2.45) is 11.5 Å². The minimum Gasteiger partial charge on any atom is -0.444 e. The second-order valence-electron chi connectivity index (χ2n) is 30.9. The molecule has 119 heavy (non-hydrogen) atoms. The van der Waals surface area contributed by atoms with E-state index in [1.165, 1.54) is 15.7 Å². The fourth-order valence-corrected chi connectivity index (χ4v) is 15.3. The Morgan fingerprint density at radius 3 is 1.28 bits per heavy atom. The lowest BCUT2D eigenvalue weighted by molar-refractivity contribution is -0.125. The Labute approximate surface area is 718 Å². The standard InChI is InChI=1S/C35H48ClN5O6Si.C25H28ClN5O4.C24H26ClN5O3.CH2Cl2/c1-35(2,3)47-34(45)39-20-25-9-10-28(36)18-26(25)21-38-32(43)29-8-7-15-41(29)33(44)30-19-27(31(42)24-11-13-37-14-12-24)22-40(30)23-46-16-17-48(4,5)6;26-20-4-3-17(12-27)18(10-20)13-29-24(34)21-2-1-9-31(21)25(35)22-11-19(14-30(22)15-32)23(33)16-5-7-28-8-6-16;25-19-4-3-16(12-26)17(10-19)13-29-23(32)21-2-1-9-30(21)24(33)20-11-18(14-28-20)22(31)15-5-7-27-8-6-15;2-1-3/h9-14,18-19,22,29,31,42H,7-8,15-17,20-21,23H2,1-6H3,(H,38,43)(H,39,45);3-8,10-11,14,21,23,32-33H,1-2,9,12-13,15,27H2,(H,29,34);3-8,10-11,14,21-22,28,31H,1-2,9,12-13,26H2,(H,29,32);1H2/t29-,31?;21-,23?;21-,22?;/m000./s1. The predicted octanol–water partition coefficient (Wildman–Crippen LogP) is 11.8. The molecule has 3 fully saturated rings. The van der Waals surface area contributed by atoms with Crippen LogP contribution in [0.3, 0.4) is 0 Å². The van der Waals surface area contributed by atoms with E-state index < -0.39 is 62.9 Å². The van der Waals surface area contributed by atoms with Crippen molar-refractivity contribution in [2.45, 2.75) is 180 Å². The first kappa shape index (κ1) is 93.3. The summed E-state index contributed by atoms with van der Waals surface area (Å²) in [5.41, 5.74) is 20.3. The van der Waals surface area contributed by atoms with E-state index in [9.17, 15) is 54.0 Å². The Kier molecular flexibility index (Phi) is 35.0. The number of benzene rings is 3. The number of nitrogens with one attached hydrogen (secondary N) is 5. The molecule has 13 N–H and O–H groups in total. The van der Waals surface area contributed by atoms with Crippen molar-refractivity contribution in [3.63, 3.8) is 0 Å². The van der Waals surface area contributed by atoms with Gasteiger partial charge in [0.25, 0.3) is 17.7 Å². The number of pyridine rings is 3. The number of likely N-dealkylation sites (tertiary alicyclic amines) is 3. The second kappa shape index (κ2) is 44.6. The predicted molar refractivity (Wildman–Crippen MR) is 458 cm³/mol. The zero-order valence-corrected chi connectivity index (χ0v) is 72.1. The van der Waals surface area contributed by atoms with Crippen LogP contribution >= 0.6 is 58.0 Å². The fourth-order valence-electron chi connectivity index (χ4n) is 13.9. The number of alkyl carbamates (subject to hydrolysis) is 1. The topological polar surface area (TPSA) is 393 Å². The zero-order valence-electron chi connectivity index (χ0n) is 67.3. The SMILES string of the molecule is CC(C)(C)OC(=O)NCc1ccc(Cl)cc1CNC(=O)[C@@H]1CCCN1C(=O)c1cc(C(O)c2ccncc2)cn1COCC[Si](C)(C)C.ClCCl.NCc1ccc(Cl)cc1CNC(=O)[C@@H]1CCCN1C(=O)c1cc(C(O)c2ccncc2)c[nH]1.NCc1ccc(Cl)cc1CNC(=O)[C@@H]1CCCN1C(=O)c1cc(C(O)c2ccncc2)cn1CO. The summed E-state index contributed by atoms with van der Waals surface area (Å²) in [6, 6.07) is 30.2. The molecular weight excluding hydrogens is 1640 g/mol. The van der Waals surface area contributed by atoms with Crippen LogP contribution in [0.4, 0.5) is 4.79 Å². The van der Waals surface area contributed by atoms with E-state index in [0.29, 0.717) is 131 Å². The third-order valence-corrected chi connectivity index (χ3v) is 22.6. The molecule has 12 rings (SSSR count). The third-order valence-electron chi connectivity index (χ3n) is 20.2. The lowest BCUT2D eigenvalue weighted by Gasteiger charge is -2.25. The maximum atomic E-state index is 14.1. The molecule has 6 atom stereocenters. The molecule has 0 aliphatic carbocycles. The van der Waals surface area contributed by atoms with Crippen LogP contribution in [-0.4, -0.2) is 169 Å². The van der Waals surface area contributed by atoms with Crippen molar-refractivity contribution in [3.8, 4) is 0 Å². The molecule has 9 heterocycles. The maximum Gasteiger partial charge on any atom is 0.407 e. The summed E-state index contributed by atoms with van der Waals surface area (Å²) in [7, 11) is -1.32. The number of hydrogen-bond donors (Lipinski definition) is 11. The van der Waals surface area contributed by atoms with Gasteiger partial charge in [0, 0.05) is 161 Å². The van der Waals surface area contributed by atoms with E-state index in [1.807, 2.05) is 12.1 Å². The normalized spacial score (nSPS) is 15.9. The van der Waals surface area contributed by atoms with Gasteiger partial charge in [0.05, 0.1) is 5.34 Å². The molecule has 3 aliphatic rings. The highest BCUT2D eigenvalue weighted by molar-refractivity contribution is 6.76. The molecule has 0 radical (unpaired) electrons. The molecule has 7 amide bonds. The lowest BCUT2D eigenvalue weighted by Crippen LogP contribution is -2.46. The summed E-state index contributed by atoms with van der Waals surface area (Å²) in [6.07, 6.45) is 14.8. The highest BCUT2D eigenvalue weighted by Crippen LogP contribution is 2.32. The Morgan fingerprint density at radius 2 is 0.882 bits per heavy atom. The number of nitrogens with zero attached hydrogens (tertiary/aromatic N) is 8. The van der Waals surface area contributed by atoms with Crippen LogP contribution in [0.5, 0.6) is 0 Å². The number of alkyl halides is 2. The molecule has 0 saturated carbocycles. The molecule has 3 aliphatic heterocycles. The summed E-state index contributed by atoms with van der Waals surface area (Å²) in [5.74, 6) is -1.72. The Hall–Kier alpha value is -9.57. The van der Waals surface area contributed by atoms with Crippen molar-refractivity contribution >= 4 is 108 Å². The van der Waals surface area contributed by atoms with Gasteiger partial charge in [-0.1, -0.05) is 72.6 Å². The number of aromatic nitrogens is 6. The highest BCUT2D eigenvalue weighted by Gasteiger charge is 2.39. The summed E-state index contributed by atoms with van der Waals surface area (Å²) in [4.78, 5) is 112. The van der Waals surface area contributed by atoms with Gasteiger partial charge >= 0.3 is 6.09 Å². The summed E-state index contributed by atoms with van der Waals surface area (Å²) >= 11 is 28.0. The van der Waals surface area contributed by atoms with Gasteiger partial charge in [-0.2, -0.15) is 0 Å². The summed E-state index contributed by atoms with van der Waals surface area (Å²) in [6.45, 7) is 15.3. The summed E-state index contributed by atoms with van der Waals surface area (Å²) in [5, 5.41) is 55.6. The number of carbonyl (C=O) groups excluding carboxylic acids is 7. The first-order valence-electron chi connectivity index (χ1n) is 39.0. The van der Waals surface area contributed by atoms with Gasteiger partial charge in [-0.25, -0.2) is 4.79 Å². The third kappa shape index (κ3) is 26.5. The molecule has 3 unspecified atom stereocenters. The minimum absolute atomic E-state index is 0.147. The Morgan fingerprint density at radius 1 is 0.513 bits per heavy atom. The first-order valence-corrected chi connectivity index (χ1v) is 44.9. The second-order valence-corrected chi connectivity index (χ2v) is 38.6. The number of carbonyl (C=O) groups is 7. The monoisotopic (exact) mass is 1750 g/mol. The van der Waals surface area contributed by atoms with Gasteiger partial charge in [-0.05, 0) is 206 Å². The Bertz CT molecular complexity index is 4880. The molecule has 0 bridgehead atoms. The van der Waals surface area contributed by atoms with Gasteiger partial charge in [0.1, 0.15) is 72.6 Å². The number of H-pyrrole nitrogens is 1. The average Bonchev–Trinajstić information content (AvgIpc) is 1.65. The van der Waals surface area contributed by atoms with Crippen LogP contribution < -0.4 is 32.7 Å². The number of ether oxygens (including phenoxy) is 2. The summed E-state index contributed by atoms with van der Waals surface area (Å²) < 4.78 is 14.4. The van der Waals surface area contributed by atoms with Gasteiger partial charge in [0.15, 0.2) is 0 Å². The molecule has 636 valence electrons. The van der Waals surface area contributed by atoms with E-state index in [1.54, 1.807) is 182 Å². The molecule has 34 heteroatoms. The zero-order chi connectivity index (χ0) is 86.1. The number of aliphatic hydroxyl groups is 4. The van der Waals surface area contributed by atoms with E-state index in [-0.39, 0.29) is 79.4 Å². The van der Waals surface area contributed by atoms with Crippen LogP contribution in [0, 0.1) is 0 Å².